The predicted molar refractivity (Wildman–Crippen MR) is 31.1 cm³/mol. The maximum absolute atomic E-state index is 8.83. The molecule has 0 aromatic carbocycles. The van der Waals surface area contributed by atoms with Crippen LogP contribution in [0.1, 0.15) is 11.3 Å². The van der Waals surface area contributed by atoms with E-state index < -0.39 is 0 Å². The molecule has 1 rings (SSSR count). The summed E-state index contributed by atoms with van der Waals surface area (Å²) < 4.78 is 0.815. The molecule has 1 heterocycles. The van der Waals surface area contributed by atoms with Crippen LogP contribution in [0.2, 0.25) is 0 Å². The Morgan fingerprint density at radius 1 is 1.78 bits per heavy atom. The van der Waals surface area contributed by atoms with Crippen LogP contribution in [-0.4, -0.2) is 9.94 Å². The lowest BCUT2D eigenvalue weighted by Crippen LogP contribution is -1.91. The van der Waals surface area contributed by atoms with Gasteiger partial charge >= 0.3 is 0 Å². The van der Waals surface area contributed by atoms with Crippen molar-refractivity contribution in [1.82, 2.24) is 4.73 Å². The Balaban J connectivity index is 3.27. The van der Waals surface area contributed by atoms with Crippen LogP contribution in [0.4, 0.5) is 0 Å². The second kappa shape index (κ2) is 1.82. The molecular formula is C6H6N2O. The van der Waals surface area contributed by atoms with Gasteiger partial charge in [-0.25, -0.2) is 0 Å². The number of aryl methyl sites for hydroxylation is 1. The molecular weight excluding hydrogens is 116 g/mol. The Bertz CT molecular complexity index is 237. The zero-order valence-electron chi connectivity index (χ0n) is 5.00. The summed E-state index contributed by atoms with van der Waals surface area (Å²) in [6.07, 6.45) is 1.44. The van der Waals surface area contributed by atoms with Crippen molar-refractivity contribution in [3.8, 4) is 6.07 Å². The number of rotatable bonds is 0. The van der Waals surface area contributed by atoms with Gasteiger partial charge in [0.2, 0.25) is 0 Å². The minimum atomic E-state index is 0.301. The van der Waals surface area contributed by atoms with Gasteiger partial charge in [0.1, 0.15) is 6.07 Å². The van der Waals surface area contributed by atoms with Crippen LogP contribution in [-0.2, 0) is 0 Å². The highest BCUT2D eigenvalue weighted by molar-refractivity contribution is 5.30. The summed E-state index contributed by atoms with van der Waals surface area (Å²) >= 11 is 0. The van der Waals surface area contributed by atoms with E-state index in [1.54, 1.807) is 13.0 Å². The molecule has 0 aliphatic heterocycles. The average Bonchev–Trinajstić information content (AvgIpc) is 2.12. The smallest absolute Gasteiger partial charge is 0.159 e. The summed E-state index contributed by atoms with van der Waals surface area (Å²) in [5.74, 6) is 0. The number of nitriles is 1. The summed E-state index contributed by atoms with van der Waals surface area (Å²) in [6.45, 7) is 1.77. The Morgan fingerprint density at radius 2 is 2.44 bits per heavy atom. The summed E-state index contributed by atoms with van der Waals surface area (Å²) in [7, 11) is 0. The van der Waals surface area contributed by atoms with E-state index in [0.29, 0.717) is 5.69 Å². The Kier molecular flexibility index (Phi) is 1.16. The average molecular weight is 122 g/mol. The molecule has 9 heavy (non-hydrogen) atoms. The Morgan fingerprint density at radius 3 is 2.67 bits per heavy atom. The van der Waals surface area contributed by atoms with Gasteiger partial charge in [0.15, 0.2) is 5.69 Å². The highest BCUT2D eigenvalue weighted by Gasteiger charge is 2.00. The number of nitrogens with zero attached hydrogens (tertiary/aromatic N) is 2. The van der Waals surface area contributed by atoms with Crippen LogP contribution in [0, 0.1) is 18.3 Å². The molecule has 0 saturated carbocycles. The molecule has 0 amide bonds. The molecule has 0 aliphatic carbocycles. The van der Waals surface area contributed by atoms with E-state index in [0.717, 1.165) is 10.3 Å². The van der Waals surface area contributed by atoms with Crippen LogP contribution in [0.3, 0.4) is 0 Å². The number of hydrogen-bond acceptors (Lipinski definition) is 2. The van der Waals surface area contributed by atoms with E-state index in [-0.39, 0.29) is 0 Å². The minimum Gasteiger partial charge on any atom is -0.428 e. The summed E-state index contributed by atoms with van der Waals surface area (Å²) in [5.41, 5.74) is 1.09. The van der Waals surface area contributed by atoms with Crippen molar-refractivity contribution in [2.45, 2.75) is 6.92 Å². The maximum atomic E-state index is 8.83. The van der Waals surface area contributed by atoms with Crippen molar-refractivity contribution in [1.29, 1.82) is 5.26 Å². The first-order valence-electron chi connectivity index (χ1n) is 2.53. The molecule has 0 radical (unpaired) electrons. The normalized spacial score (nSPS) is 8.89. The van der Waals surface area contributed by atoms with E-state index in [1.165, 1.54) is 6.20 Å². The Hall–Kier alpha value is -1.43. The summed E-state index contributed by atoms with van der Waals surface area (Å²) in [4.78, 5) is 0. The van der Waals surface area contributed by atoms with Crippen LogP contribution in [0.5, 0.6) is 0 Å². The van der Waals surface area contributed by atoms with Gasteiger partial charge in [-0.2, -0.15) is 9.99 Å². The molecule has 46 valence electrons. The van der Waals surface area contributed by atoms with E-state index in [2.05, 4.69) is 0 Å². The van der Waals surface area contributed by atoms with Gasteiger partial charge in [-0.1, -0.05) is 0 Å². The van der Waals surface area contributed by atoms with Gasteiger partial charge in [0.05, 0.1) is 0 Å². The quantitative estimate of drug-likeness (QED) is 0.520. The monoisotopic (exact) mass is 122 g/mol. The Labute approximate surface area is 52.7 Å². The fourth-order valence-corrected chi connectivity index (χ4v) is 0.656. The van der Waals surface area contributed by atoms with Crippen LogP contribution >= 0.6 is 0 Å². The van der Waals surface area contributed by atoms with Crippen LogP contribution < -0.4 is 0 Å². The lowest BCUT2D eigenvalue weighted by molar-refractivity contribution is 0.184. The van der Waals surface area contributed by atoms with Crippen molar-refractivity contribution in [2.75, 3.05) is 0 Å². The van der Waals surface area contributed by atoms with Crippen LogP contribution in [0.25, 0.3) is 0 Å². The van der Waals surface area contributed by atoms with Gasteiger partial charge in [0.25, 0.3) is 0 Å². The zero-order valence-corrected chi connectivity index (χ0v) is 5.00. The van der Waals surface area contributed by atoms with E-state index >= 15 is 0 Å². The third kappa shape index (κ3) is 0.745. The van der Waals surface area contributed by atoms with Crippen molar-refractivity contribution in [3.05, 3.63) is 23.5 Å². The molecule has 1 aromatic rings. The highest BCUT2D eigenvalue weighted by atomic mass is 16.5. The van der Waals surface area contributed by atoms with Crippen molar-refractivity contribution >= 4 is 0 Å². The molecule has 0 fully saturated rings. The highest BCUT2D eigenvalue weighted by Crippen LogP contribution is 2.04. The van der Waals surface area contributed by atoms with Crippen molar-refractivity contribution in [3.63, 3.8) is 0 Å². The first-order valence-corrected chi connectivity index (χ1v) is 2.53. The van der Waals surface area contributed by atoms with Gasteiger partial charge in [0, 0.05) is 6.20 Å². The number of aromatic nitrogens is 1. The zero-order chi connectivity index (χ0) is 6.85. The molecule has 1 N–H and O–H groups in total. The van der Waals surface area contributed by atoms with Crippen molar-refractivity contribution in [2.24, 2.45) is 0 Å². The van der Waals surface area contributed by atoms with Gasteiger partial charge in [-0.3, -0.25) is 0 Å². The standard InChI is InChI=1S/C6H6N2O/c1-5-2-3-8(9)6(5)4-7/h2-3,9H,1H3. The topological polar surface area (TPSA) is 49.0 Å². The number of hydrogen-bond donors (Lipinski definition) is 1. The minimum absolute atomic E-state index is 0.301. The van der Waals surface area contributed by atoms with Gasteiger partial charge in [-0.05, 0) is 18.6 Å². The first kappa shape index (κ1) is 5.70. The largest absolute Gasteiger partial charge is 0.428 e. The lowest BCUT2D eigenvalue weighted by atomic mass is 10.3. The predicted octanol–water partition coefficient (Wildman–Crippen LogP) is 0.905. The molecule has 3 heteroatoms. The van der Waals surface area contributed by atoms with E-state index in [1.807, 2.05) is 6.07 Å². The fraction of sp³-hybridized carbons (Fsp3) is 0.167. The molecule has 0 aliphatic rings. The molecule has 3 nitrogen and oxygen atoms in total. The van der Waals surface area contributed by atoms with E-state index in [4.69, 9.17) is 10.5 Å². The second-order valence-electron chi connectivity index (χ2n) is 1.80. The van der Waals surface area contributed by atoms with Gasteiger partial charge < -0.3 is 5.21 Å². The first-order chi connectivity index (χ1) is 4.25. The molecule has 1 aromatic heterocycles. The molecule has 0 atom stereocenters. The molecule has 0 saturated heterocycles. The molecule has 0 unspecified atom stereocenters. The summed E-state index contributed by atoms with van der Waals surface area (Å²) in [5, 5.41) is 17.2. The molecule has 0 spiro atoms. The van der Waals surface area contributed by atoms with Crippen LogP contribution in [0.15, 0.2) is 12.3 Å². The van der Waals surface area contributed by atoms with Crippen molar-refractivity contribution < 1.29 is 5.21 Å². The fourth-order valence-electron chi connectivity index (χ4n) is 0.656. The van der Waals surface area contributed by atoms with E-state index in [9.17, 15) is 0 Å². The second-order valence-corrected chi connectivity index (χ2v) is 1.80. The third-order valence-electron chi connectivity index (χ3n) is 1.17. The third-order valence-corrected chi connectivity index (χ3v) is 1.17. The summed E-state index contributed by atoms with van der Waals surface area (Å²) in [6, 6.07) is 3.54. The van der Waals surface area contributed by atoms with Gasteiger partial charge in [-0.15, -0.1) is 0 Å². The SMILES string of the molecule is Cc1ccn(O)c1C#N. The maximum Gasteiger partial charge on any atom is 0.159 e. The molecule has 0 bridgehead atoms. The lowest BCUT2D eigenvalue weighted by Gasteiger charge is -1.89.